The number of rotatable bonds is 2. The predicted octanol–water partition coefficient (Wildman–Crippen LogP) is 0.561. The first-order valence-electron chi connectivity index (χ1n) is 5.50. The molecule has 1 aliphatic rings. The summed E-state index contributed by atoms with van der Waals surface area (Å²) in [4.78, 5) is 11.0. The maximum atomic E-state index is 5.32. The van der Waals surface area contributed by atoms with Gasteiger partial charge in [0.15, 0.2) is 0 Å². The van der Waals surface area contributed by atoms with E-state index in [-0.39, 0.29) is 0 Å². The van der Waals surface area contributed by atoms with Gasteiger partial charge < -0.3 is 4.74 Å². The van der Waals surface area contributed by atoms with E-state index in [2.05, 4.69) is 14.9 Å². The molecule has 1 saturated heterocycles. The van der Waals surface area contributed by atoms with Crippen LogP contribution in [0, 0.1) is 0 Å². The SMILES string of the molecule is c1cnc2nc(CN3CCOCC3)cn2c1. The Morgan fingerprint density at radius 2 is 2.19 bits per heavy atom. The molecule has 2 aromatic heterocycles. The molecule has 3 heterocycles. The molecule has 0 N–H and O–H groups in total. The van der Waals surface area contributed by atoms with Crippen molar-refractivity contribution in [2.45, 2.75) is 6.54 Å². The number of hydrogen-bond donors (Lipinski definition) is 0. The van der Waals surface area contributed by atoms with Gasteiger partial charge in [0.05, 0.1) is 18.9 Å². The fourth-order valence-electron chi connectivity index (χ4n) is 1.94. The number of fused-ring (bicyclic) bond motifs is 1. The second kappa shape index (κ2) is 4.19. The molecular formula is C11H14N4O. The van der Waals surface area contributed by atoms with E-state index in [0.29, 0.717) is 0 Å². The molecule has 0 aromatic carbocycles. The molecule has 0 amide bonds. The van der Waals surface area contributed by atoms with Crippen molar-refractivity contribution >= 4 is 5.78 Å². The van der Waals surface area contributed by atoms with Crippen molar-refractivity contribution in [3.63, 3.8) is 0 Å². The lowest BCUT2D eigenvalue weighted by Gasteiger charge is -2.25. The zero-order chi connectivity index (χ0) is 10.8. The lowest BCUT2D eigenvalue weighted by molar-refractivity contribution is 0.0337. The van der Waals surface area contributed by atoms with Gasteiger partial charge >= 0.3 is 0 Å². The van der Waals surface area contributed by atoms with Crippen LogP contribution in [0.15, 0.2) is 24.7 Å². The zero-order valence-electron chi connectivity index (χ0n) is 9.04. The molecule has 1 aliphatic heterocycles. The fourth-order valence-corrected chi connectivity index (χ4v) is 1.94. The van der Waals surface area contributed by atoms with Crippen LogP contribution in [-0.4, -0.2) is 45.6 Å². The van der Waals surface area contributed by atoms with Gasteiger partial charge in [-0.3, -0.25) is 9.30 Å². The van der Waals surface area contributed by atoms with Crippen LogP contribution < -0.4 is 0 Å². The highest BCUT2D eigenvalue weighted by molar-refractivity contribution is 5.29. The van der Waals surface area contributed by atoms with Crippen molar-refractivity contribution in [3.8, 4) is 0 Å². The number of imidazole rings is 1. The normalized spacial score (nSPS) is 18.0. The summed E-state index contributed by atoms with van der Waals surface area (Å²) in [6, 6.07) is 1.91. The van der Waals surface area contributed by atoms with Crippen molar-refractivity contribution < 1.29 is 4.74 Å². The molecule has 3 rings (SSSR count). The van der Waals surface area contributed by atoms with E-state index in [4.69, 9.17) is 4.74 Å². The van der Waals surface area contributed by atoms with Crippen molar-refractivity contribution in [1.82, 2.24) is 19.3 Å². The molecule has 0 radical (unpaired) electrons. The van der Waals surface area contributed by atoms with Crippen LogP contribution in [0.4, 0.5) is 0 Å². The highest BCUT2D eigenvalue weighted by Gasteiger charge is 2.12. The van der Waals surface area contributed by atoms with Gasteiger partial charge in [-0.25, -0.2) is 9.97 Å². The minimum atomic E-state index is 0.769. The third-order valence-corrected chi connectivity index (χ3v) is 2.77. The molecule has 2 aromatic rings. The Morgan fingerprint density at radius 1 is 1.31 bits per heavy atom. The maximum Gasteiger partial charge on any atom is 0.233 e. The topological polar surface area (TPSA) is 42.7 Å². The van der Waals surface area contributed by atoms with Crippen LogP contribution in [0.1, 0.15) is 5.69 Å². The molecule has 0 bridgehead atoms. The summed E-state index contributed by atoms with van der Waals surface area (Å²) in [7, 11) is 0. The second-order valence-electron chi connectivity index (χ2n) is 3.95. The zero-order valence-corrected chi connectivity index (χ0v) is 9.04. The monoisotopic (exact) mass is 218 g/mol. The molecule has 0 aliphatic carbocycles. The molecule has 5 nitrogen and oxygen atoms in total. The molecule has 84 valence electrons. The Morgan fingerprint density at radius 3 is 3.00 bits per heavy atom. The van der Waals surface area contributed by atoms with E-state index in [0.717, 1.165) is 44.3 Å². The summed E-state index contributed by atoms with van der Waals surface area (Å²) in [5, 5.41) is 0. The van der Waals surface area contributed by atoms with Crippen molar-refractivity contribution in [3.05, 3.63) is 30.4 Å². The first-order valence-corrected chi connectivity index (χ1v) is 5.50. The summed E-state index contributed by atoms with van der Waals surface area (Å²) >= 11 is 0. The average molecular weight is 218 g/mol. The number of aromatic nitrogens is 3. The van der Waals surface area contributed by atoms with Crippen LogP contribution in [0.25, 0.3) is 5.78 Å². The Bertz CT molecular complexity index is 443. The minimum absolute atomic E-state index is 0.769. The van der Waals surface area contributed by atoms with Crippen LogP contribution in [0.5, 0.6) is 0 Å². The van der Waals surface area contributed by atoms with Gasteiger partial charge in [0, 0.05) is 38.2 Å². The summed E-state index contributed by atoms with van der Waals surface area (Å²) in [5.74, 6) is 0.769. The van der Waals surface area contributed by atoms with Gasteiger partial charge in [-0.05, 0) is 6.07 Å². The third-order valence-electron chi connectivity index (χ3n) is 2.77. The Balaban J connectivity index is 1.78. The molecule has 0 atom stereocenters. The largest absolute Gasteiger partial charge is 0.379 e. The first-order chi connectivity index (χ1) is 7.92. The van der Waals surface area contributed by atoms with Crippen molar-refractivity contribution in [2.24, 2.45) is 0 Å². The number of morpholine rings is 1. The van der Waals surface area contributed by atoms with Gasteiger partial charge in [0.25, 0.3) is 0 Å². The predicted molar refractivity (Wildman–Crippen MR) is 59.1 cm³/mol. The summed E-state index contributed by atoms with van der Waals surface area (Å²) in [5.41, 5.74) is 1.07. The van der Waals surface area contributed by atoms with Crippen LogP contribution >= 0.6 is 0 Å². The summed E-state index contributed by atoms with van der Waals surface area (Å²) in [6.45, 7) is 4.51. The number of hydrogen-bond acceptors (Lipinski definition) is 4. The fraction of sp³-hybridized carbons (Fsp3) is 0.455. The van der Waals surface area contributed by atoms with E-state index in [9.17, 15) is 0 Å². The van der Waals surface area contributed by atoms with Crippen molar-refractivity contribution in [1.29, 1.82) is 0 Å². The van der Waals surface area contributed by atoms with Gasteiger partial charge in [0.2, 0.25) is 5.78 Å². The quantitative estimate of drug-likeness (QED) is 0.738. The van der Waals surface area contributed by atoms with E-state index < -0.39 is 0 Å². The van der Waals surface area contributed by atoms with Gasteiger partial charge in [-0.15, -0.1) is 0 Å². The highest BCUT2D eigenvalue weighted by Crippen LogP contribution is 2.07. The molecular weight excluding hydrogens is 204 g/mol. The van der Waals surface area contributed by atoms with Gasteiger partial charge in [0.1, 0.15) is 0 Å². The minimum Gasteiger partial charge on any atom is -0.379 e. The van der Waals surface area contributed by atoms with E-state index in [1.54, 1.807) is 6.20 Å². The van der Waals surface area contributed by atoms with E-state index in [1.165, 1.54) is 0 Å². The van der Waals surface area contributed by atoms with E-state index >= 15 is 0 Å². The molecule has 5 heteroatoms. The van der Waals surface area contributed by atoms with Crippen LogP contribution in [0.3, 0.4) is 0 Å². The molecule has 0 spiro atoms. The summed E-state index contributed by atoms with van der Waals surface area (Å²) < 4.78 is 7.27. The lowest BCUT2D eigenvalue weighted by atomic mass is 10.3. The molecule has 16 heavy (non-hydrogen) atoms. The Kier molecular flexibility index (Phi) is 2.55. The number of ether oxygens (including phenoxy) is 1. The Hall–Kier alpha value is -1.46. The van der Waals surface area contributed by atoms with Crippen molar-refractivity contribution in [2.75, 3.05) is 26.3 Å². The molecule has 0 unspecified atom stereocenters. The van der Waals surface area contributed by atoms with E-state index in [1.807, 2.05) is 22.9 Å². The van der Waals surface area contributed by atoms with Gasteiger partial charge in [-0.2, -0.15) is 0 Å². The Labute approximate surface area is 93.7 Å². The number of nitrogens with zero attached hydrogens (tertiary/aromatic N) is 4. The van der Waals surface area contributed by atoms with Gasteiger partial charge in [-0.1, -0.05) is 0 Å². The lowest BCUT2D eigenvalue weighted by Crippen LogP contribution is -2.35. The van der Waals surface area contributed by atoms with Crippen LogP contribution in [0.2, 0.25) is 0 Å². The first kappa shape index (κ1) is 9.74. The smallest absolute Gasteiger partial charge is 0.233 e. The standard InChI is InChI=1S/C11H14N4O/c1-2-12-11-13-10(9-15(11)3-1)8-14-4-6-16-7-5-14/h1-3,9H,4-8H2. The highest BCUT2D eigenvalue weighted by atomic mass is 16.5. The summed E-state index contributed by atoms with van der Waals surface area (Å²) in [6.07, 6.45) is 5.77. The molecule has 0 saturated carbocycles. The third kappa shape index (κ3) is 1.91. The molecule has 1 fully saturated rings. The maximum absolute atomic E-state index is 5.32. The average Bonchev–Trinajstić information content (AvgIpc) is 2.72. The second-order valence-corrected chi connectivity index (χ2v) is 3.95. The van der Waals surface area contributed by atoms with Crippen LogP contribution in [-0.2, 0) is 11.3 Å².